The molecule has 0 saturated carbocycles. The summed E-state index contributed by atoms with van der Waals surface area (Å²) in [5, 5.41) is 0. The summed E-state index contributed by atoms with van der Waals surface area (Å²) in [6, 6.07) is 16.8. The molecule has 1 aliphatic heterocycles. The second-order valence-electron chi connectivity index (χ2n) is 6.65. The van der Waals surface area contributed by atoms with E-state index in [1.165, 1.54) is 22.3 Å². The molecule has 3 nitrogen and oxygen atoms in total. The van der Waals surface area contributed by atoms with Gasteiger partial charge in [0.2, 0.25) is 5.91 Å². The number of hydrogen-bond acceptors (Lipinski definition) is 2. The summed E-state index contributed by atoms with van der Waals surface area (Å²) in [4.78, 5) is 15.7. The van der Waals surface area contributed by atoms with E-state index >= 15 is 0 Å². The third-order valence-electron chi connectivity index (χ3n) is 5.35. The van der Waals surface area contributed by atoms with Gasteiger partial charge in [-0.25, -0.2) is 0 Å². The molecule has 0 spiro atoms. The Kier molecular flexibility index (Phi) is 3.89. The summed E-state index contributed by atoms with van der Waals surface area (Å²) in [5.74, 6) is 0.241. The molecule has 0 N–H and O–H groups in total. The Morgan fingerprint density at radius 2 is 1.54 bits per heavy atom. The van der Waals surface area contributed by atoms with Crippen LogP contribution in [0.3, 0.4) is 0 Å². The topological polar surface area (TPSA) is 29.5 Å². The molecule has 0 radical (unpaired) electrons. The van der Waals surface area contributed by atoms with Crippen LogP contribution in [0.2, 0.25) is 0 Å². The minimum Gasteiger partial charge on any atom is -0.378 e. The third kappa shape index (κ3) is 2.11. The highest BCUT2D eigenvalue weighted by Crippen LogP contribution is 2.52. The molecule has 1 fully saturated rings. The molecule has 0 aromatic heterocycles. The first kappa shape index (κ1) is 15.4. The van der Waals surface area contributed by atoms with Crippen LogP contribution in [0.25, 0.3) is 11.1 Å². The predicted octanol–water partition coefficient (Wildman–Crippen LogP) is 3.61. The summed E-state index contributed by atoms with van der Waals surface area (Å²) in [6.45, 7) is 4.82. The zero-order chi connectivity index (χ0) is 16.6. The first-order valence-corrected chi connectivity index (χ1v) is 8.85. The van der Waals surface area contributed by atoms with Gasteiger partial charge < -0.3 is 9.64 Å². The molecular weight excluding hydrogens is 298 g/mol. The van der Waals surface area contributed by atoms with E-state index in [1.807, 2.05) is 4.90 Å². The van der Waals surface area contributed by atoms with Crippen LogP contribution >= 0.6 is 0 Å². The Balaban J connectivity index is 1.91. The lowest BCUT2D eigenvalue weighted by Gasteiger charge is -2.37. The fraction of sp³-hybridized carbons (Fsp3) is 0.381. The van der Waals surface area contributed by atoms with Crippen molar-refractivity contribution in [2.75, 3.05) is 26.3 Å². The standard InChI is InChI=1S/C21H23NO2/c1-2-11-21(20(23)22-12-14-24-15-13-22)18-9-5-3-7-16(18)17-8-4-6-10-19(17)21/h3-10H,2,11-15H2,1H3. The van der Waals surface area contributed by atoms with E-state index in [9.17, 15) is 4.79 Å². The van der Waals surface area contributed by atoms with Gasteiger partial charge in [-0.1, -0.05) is 61.9 Å². The number of hydrogen-bond donors (Lipinski definition) is 0. The Labute approximate surface area is 143 Å². The average Bonchev–Trinajstić information content (AvgIpc) is 2.94. The molecule has 2 aromatic carbocycles. The average molecular weight is 321 g/mol. The largest absolute Gasteiger partial charge is 0.378 e. The quantitative estimate of drug-likeness (QED) is 0.864. The fourth-order valence-electron chi connectivity index (χ4n) is 4.34. The van der Waals surface area contributed by atoms with E-state index in [1.54, 1.807) is 0 Å². The van der Waals surface area contributed by atoms with Crippen LogP contribution < -0.4 is 0 Å². The lowest BCUT2D eigenvalue weighted by atomic mass is 9.73. The normalized spacial score (nSPS) is 18.1. The second kappa shape index (κ2) is 6.06. The Morgan fingerprint density at radius 1 is 1.00 bits per heavy atom. The zero-order valence-electron chi connectivity index (χ0n) is 14.1. The van der Waals surface area contributed by atoms with Crippen LogP contribution in [-0.4, -0.2) is 37.1 Å². The van der Waals surface area contributed by atoms with Crippen LogP contribution in [-0.2, 0) is 14.9 Å². The summed E-state index contributed by atoms with van der Waals surface area (Å²) < 4.78 is 5.45. The van der Waals surface area contributed by atoms with Crippen molar-refractivity contribution in [2.24, 2.45) is 0 Å². The molecule has 2 aromatic rings. The molecule has 1 aliphatic carbocycles. The van der Waals surface area contributed by atoms with Crippen molar-refractivity contribution in [1.29, 1.82) is 0 Å². The Morgan fingerprint density at radius 3 is 2.08 bits per heavy atom. The van der Waals surface area contributed by atoms with E-state index in [4.69, 9.17) is 4.74 Å². The van der Waals surface area contributed by atoms with Crippen LogP contribution in [0, 0.1) is 0 Å². The van der Waals surface area contributed by atoms with Crippen molar-refractivity contribution in [2.45, 2.75) is 25.2 Å². The second-order valence-corrected chi connectivity index (χ2v) is 6.65. The number of benzene rings is 2. The van der Waals surface area contributed by atoms with Crippen molar-refractivity contribution < 1.29 is 9.53 Å². The van der Waals surface area contributed by atoms with Crippen molar-refractivity contribution >= 4 is 5.91 Å². The van der Waals surface area contributed by atoms with Gasteiger partial charge in [0, 0.05) is 13.1 Å². The lowest BCUT2D eigenvalue weighted by molar-refractivity contribution is -0.140. The zero-order valence-corrected chi connectivity index (χ0v) is 14.1. The highest BCUT2D eigenvalue weighted by molar-refractivity contribution is 6.00. The summed E-state index contributed by atoms with van der Waals surface area (Å²) in [5.41, 5.74) is 4.22. The minimum absolute atomic E-state index is 0.241. The van der Waals surface area contributed by atoms with Gasteiger partial charge in [-0.2, -0.15) is 0 Å². The number of ether oxygens (including phenoxy) is 1. The van der Waals surface area contributed by atoms with E-state index in [0.29, 0.717) is 26.3 Å². The smallest absolute Gasteiger partial charge is 0.237 e. The molecule has 1 heterocycles. The molecule has 3 heteroatoms. The van der Waals surface area contributed by atoms with E-state index < -0.39 is 5.41 Å². The molecule has 124 valence electrons. The number of fused-ring (bicyclic) bond motifs is 3. The monoisotopic (exact) mass is 321 g/mol. The molecule has 0 bridgehead atoms. The maximum atomic E-state index is 13.7. The third-order valence-corrected chi connectivity index (χ3v) is 5.35. The van der Waals surface area contributed by atoms with Gasteiger partial charge in [-0.3, -0.25) is 4.79 Å². The number of amides is 1. The maximum absolute atomic E-state index is 13.7. The van der Waals surface area contributed by atoms with E-state index in [-0.39, 0.29) is 5.91 Å². The van der Waals surface area contributed by atoms with Crippen molar-refractivity contribution in [1.82, 2.24) is 4.90 Å². The number of carbonyl (C=O) groups is 1. The van der Waals surface area contributed by atoms with Gasteiger partial charge in [-0.05, 0) is 28.7 Å². The highest BCUT2D eigenvalue weighted by Gasteiger charge is 2.49. The SMILES string of the molecule is CCCC1(C(=O)N2CCOCC2)c2ccccc2-c2ccccc21. The van der Waals surface area contributed by atoms with E-state index in [2.05, 4.69) is 55.5 Å². The van der Waals surface area contributed by atoms with Crippen LogP contribution in [0.15, 0.2) is 48.5 Å². The van der Waals surface area contributed by atoms with Gasteiger partial charge in [-0.15, -0.1) is 0 Å². The van der Waals surface area contributed by atoms with Gasteiger partial charge in [0.1, 0.15) is 5.41 Å². The minimum atomic E-state index is -0.542. The first-order chi connectivity index (χ1) is 11.8. The summed E-state index contributed by atoms with van der Waals surface area (Å²) in [7, 11) is 0. The van der Waals surface area contributed by atoms with Crippen molar-refractivity contribution in [3.63, 3.8) is 0 Å². The lowest BCUT2D eigenvalue weighted by Crippen LogP contribution is -2.50. The molecule has 0 atom stereocenters. The van der Waals surface area contributed by atoms with Crippen LogP contribution in [0.4, 0.5) is 0 Å². The number of carbonyl (C=O) groups excluding carboxylic acids is 1. The van der Waals surface area contributed by atoms with Crippen molar-refractivity contribution in [3.8, 4) is 11.1 Å². The molecule has 2 aliphatic rings. The van der Waals surface area contributed by atoms with Crippen molar-refractivity contribution in [3.05, 3.63) is 59.7 Å². The first-order valence-electron chi connectivity index (χ1n) is 8.85. The summed E-state index contributed by atoms with van der Waals surface area (Å²) in [6.07, 6.45) is 1.82. The van der Waals surface area contributed by atoms with Gasteiger partial charge >= 0.3 is 0 Å². The maximum Gasteiger partial charge on any atom is 0.237 e. The number of morpholine rings is 1. The number of rotatable bonds is 3. The highest BCUT2D eigenvalue weighted by atomic mass is 16.5. The fourth-order valence-corrected chi connectivity index (χ4v) is 4.34. The Hall–Kier alpha value is -2.13. The van der Waals surface area contributed by atoms with Gasteiger partial charge in [0.15, 0.2) is 0 Å². The molecule has 4 rings (SSSR count). The molecule has 1 amide bonds. The van der Waals surface area contributed by atoms with Crippen LogP contribution in [0.5, 0.6) is 0 Å². The summed E-state index contributed by atoms with van der Waals surface area (Å²) >= 11 is 0. The molecule has 24 heavy (non-hydrogen) atoms. The molecule has 1 saturated heterocycles. The predicted molar refractivity (Wildman–Crippen MR) is 95.0 cm³/mol. The molecular formula is C21H23NO2. The Bertz CT molecular complexity index is 716. The molecule has 0 unspecified atom stereocenters. The van der Waals surface area contributed by atoms with Crippen LogP contribution in [0.1, 0.15) is 30.9 Å². The van der Waals surface area contributed by atoms with Gasteiger partial charge in [0.05, 0.1) is 13.2 Å². The van der Waals surface area contributed by atoms with Gasteiger partial charge in [0.25, 0.3) is 0 Å². The van der Waals surface area contributed by atoms with E-state index in [0.717, 1.165) is 12.8 Å². The number of nitrogens with zero attached hydrogens (tertiary/aromatic N) is 1.